The molecule has 3 aromatic rings. The lowest BCUT2D eigenvalue weighted by Gasteiger charge is -2.28. The number of hydrogen-bond acceptors (Lipinski definition) is 4. The van der Waals surface area contributed by atoms with E-state index in [0.717, 1.165) is 25.9 Å². The van der Waals surface area contributed by atoms with Crippen molar-refractivity contribution in [3.05, 3.63) is 99.1 Å². The summed E-state index contributed by atoms with van der Waals surface area (Å²) in [4.78, 5) is 30.8. The predicted molar refractivity (Wildman–Crippen MR) is 151 cm³/mol. The minimum atomic E-state index is -1.09. The number of rotatable bonds is 8. The third-order valence-electron chi connectivity index (χ3n) is 7.42. The normalized spacial score (nSPS) is 22.5. The van der Waals surface area contributed by atoms with Crippen molar-refractivity contribution in [1.82, 2.24) is 4.90 Å². The molecule has 7 heteroatoms. The minimum Gasteiger partial charge on any atom is -0.395 e. The van der Waals surface area contributed by atoms with E-state index in [1.54, 1.807) is 4.90 Å². The Morgan fingerprint density at radius 2 is 1.76 bits per heavy atom. The second-order valence-corrected chi connectivity index (χ2v) is 11.1. The maximum Gasteiger partial charge on any atom is 0.264 e. The molecular weight excluding hydrogens is 579 g/mol. The fourth-order valence-electron chi connectivity index (χ4n) is 5.62. The van der Waals surface area contributed by atoms with Gasteiger partial charge in [0.15, 0.2) is 5.60 Å². The summed E-state index contributed by atoms with van der Waals surface area (Å²) in [6.45, 7) is 3.09. The van der Waals surface area contributed by atoms with E-state index in [-0.39, 0.29) is 43.4 Å². The second kappa shape index (κ2) is 10.9. The Hall–Kier alpha value is -2.75. The van der Waals surface area contributed by atoms with Gasteiger partial charge in [-0.1, -0.05) is 67.6 Å². The van der Waals surface area contributed by atoms with Gasteiger partial charge < -0.3 is 19.6 Å². The first-order valence-electron chi connectivity index (χ1n) is 12.7. The molecule has 0 aliphatic carbocycles. The average molecular weight is 610 g/mol. The molecule has 2 aliphatic heterocycles. The lowest BCUT2D eigenvalue weighted by molar-refractivity contribution is -0.150. The van der Waals surface area contributed by atoms with Crippen LogP contribution in [-0.2, 0) is 33.0 Å². The van der Waals surface area contributed by atoms with Gasteiger partial charge in [-0.05, 0) is 58.3 Å². The summed E-state index contributed by atoms with van der Waals surface area (Å²) < 4.78 is 7.74. The lowest BCUT2D eigenvalue weighted by Crippen LogP contribution is -2.44. The molecule has 2 heterocycles. The molecule has 2 amide bonds. The van der Waals surface area contributed by atoms with Crippen molar-refractivity contribution in [2.45, 2.75) is 44.6 Å². The van der Waals surface area contributed by atoms with E-state index in [4.69, 9.17) is 4.74 Å². The van der Waals surface area contributed by atoms with Gasteiger partial charge in [-0.2, -0.15) is 0 Å². The molecule has 1 fully saturated rings. The van der Waals surface area contributed by atoms with Crippen LogP contribution in [0.25, 0.3) is 0 Å². The van der Waals surface area contributed by atoms with Crippen molar-refractivity contribution in [3.8, 4) is 0 Å². The number of anilines is 1. The van der Waals surface area contributed by atoms with Crippen LogP contribution < -0.4 is 4.90 Å². The summed E-state index contributed by atoms with van der Waals surface area (Å²) in [5.41, 5.74) is 2.72. The molecule has 0 saturated carbocycles. The van der Waals surface area contributed by atoms with Crippen molar-refractivity contribution in [2.24, 2.45) is 5.92 Å². The van der Waals surface area contributed by atoms with Crippen LogP contribution in [0, 0.1) is 9.49 Å². The van der Waals surface area contributed by atoms with Crippen molar-refractivity contribution < 1.29 is 19.4 Å². The molecular formula is C30H31IN2O4. The van der Waals surface area contributed by atoms with Crippen LogP contribution in [0.4, 0.5) is 5.69 Å². The van der Waals surface area contributed by atoms with E-state index in [0.29, 0.717) is 19.5 Å². The van der Waals surface area contributed by atoms with Crippen molar-refractivity contribution in [2.75, 3.05) is 18.1 Å². The molecule has 0 unspecified atom stereocenters. The second-order valence-electron chi connectivity index (χ2n) is 9.88. The quantitative estimate of drug-likeness (QED) is 0.370. The smallest absolute Gasteiger partial charge is 0.264 e. The van der Waals surface area contributed by atoms with Crippen LogP contribution in [-0.4, -0.2) is 41.1 Å². The van der Waals surface area contributed by atoms with Gasteiger partial charge in [0.2, 0.25) is 5.91 Å². The zero-order chi connectivity index (χ0) is 26.0. The Morgan fingerprint density at radius 1 is 1.05 bits per heavy atom. The number of nitrogens with zero attached hydrogens (tertiary/aromatic N) is 2. The molecule has 1 spiro atoms. The fraction of sp³-hybridized carbons (Fsp3) is 0.333. The molecule has 0 bridgehead atoms. The number of carbonyl (C=O) groups is 2. The Bertz CT molecular complexity index is 1270. The number of amides is 2. The molecule has 192 valence electrons. The van der Waals surface area contributed by atoms with Gasteiger partial charge in [-0.25, -0.2) is 0 Å². The molecule has 2 aliphatic rings. The number of fused-ring (bicyclic) bond motifs is 2. The summed E-state index contributed by atoms with van der Waals surface area (Å²) in [5, 5.41) is 9.57. The van der Waals surface area contributed by atoms with Gasteiger partial charge in [0, 0.05) is 28.1 Å². The third kappa shape index (κ3) is 5.04. The van der Waals surface area contributed by atoms with Crippen LogP contribution in [0.2, 0.25) is 0 Å². The molecule has 5 rings (SSSR count). The molecule has 6 nitrogen and oxygen atoms in total. The minimum absolute atomic E-state index is 0.0637. The number of para-hydroxylation sites is 1. The first kappa shape index (κ1) is 25.9. The first-order chi connectivity index (χ1) is 17.9. The van der Waals surface area contributed by atoms with Gasteiger partial charge in [-0.3, -0.25) is 9.59 Å². The van der Waals surface area contributed by atoms with E-state index >= 15 is 0 Å². The van der Waals surface area contributed by atoms with Gasteiger partial charge in [0.05, 0.1) is 31.4 Å². The van der Waals surface area contributed by atoms with E-state index < -0.39 is 5.60 Å². The van der Waals surface area contributed by atoms with E-state index in [2.05, 4.69) is 22.6 Å². The highest BCUT2D eigenvalue weighted by Crippen LogP contribution is 2.53. The number of aliphatic hydroxyl groups excluding tert-OH is 1. The monoisotopic (exact) mass is 610 g/mol. The van der Waals surface area contributed by atoms with Crippen LogP contribution in [0.3, 0.4) is 0 Å². The predicted octanol–water partition coefficient (Wildman–Crippen LogP) is 4.87. The highest BCUT2D eigenvalue weighted by atomic mass is 127. The van der Waals surface area contributed by atoms with Gasteiger partial charge in [-0.15, -0.1) is 0 Å². The number of hydrogen-bond donors (Lipinski definition) is 1. The lowest BCUT2D eigenvalue weighted by atomic mass is 9.83. The van der Waals surface area contributed by atoms with Gasteiger partial charge in [0.1, 0.15) is 0 Å². The standard InChI is InChI=1S/C30H31IN2O4/c1-21-17-25(18-28(35)32(15-16-34)19-22-7-3-2-4-8-22)37-30(21)26-9-5-6-10-27(26)33(29(30)36)20-23-11-13-24(31)14-12-23/h2-14,21,25,34H,15-20H2,1H3/t21-,25-,30+/m1/s1. The molecule has 1 saturated heterocycles. The Kier molecular flexibility index (Phi) is 7.65. The molecule has 37 heavy (non-hydrogen) atoms. The number of halogens is 1. The van der Waals surface area contributed by atoms with E-state index in [9.17, 15) is 14.7 Å². The number of benzene rings is 3. The van der Waals surface area contributed by atoms with Gasteiger partial charge in [0.25, 0.3) is 5.91 Å². The van der Waals surface area contributed by atoms with Crippen LogP contribution in [0.5, 0.6) is 0 Å². The van der Waals surface area contributed by atoms with Crippen LogP contribution in [0.1, 0.15) is 36.5 Å². The first-order valence-corrected chi connectivity index (χ1v) is 13.8. The SMILES string of the molecule is C[C@@H]1C[C@H](CC(=O)N(CCO)Cc2ccccc2)O[C@@]12C(=O)N(Cc1ccc(I)cc1)c1ccccc12. The van der Waals surface area contributed by atoms with Crippen LogP contribution >= 0.6 is 22.6 Å². The number of ether oxygens (including phenoxy) is 1. The van der Waals surface area contributed by atoms with Gasteiger partial charge >= 0.3 is 0 Å². The Morgan fingerprint density at radius 3 is 2.49 bits per heavy atom. The zero-order valence-electron chi connectivity index (χ0n) is 20.8. The maximum atomic E-state index is 14.0. The van der Waals surface area contributed by atoms with E-state index in [1.807, 2.05) is 90.7 Å². The molecule has 0 aromatic heterocycles. The number of aliphatic hydroxyl groups is 1. The topological polar surface area (TPSA) is 70.1 Å². The molecule has 3 aromatic carbocycles. The maximum absolute atomic E-state index is 14.0. The summed E-state index contributed by atoms with van der Waals surface area (Å²) in [6.07, 6.45) is 0.405. The fourth-order valence-corrected chi connectivity index (χ4v) is 5.98. The summed E-state index contributed by atoms with van der Waals surface area (Å²) in [5.74, 6) is -0.228. The van der Waals surface area contributed by atoms with Crippen LogP contribution in [0.15, 0.2) is 78.9 Å². The highest BCUT2D eigenvalue weighted by molar-refractivity contribution is 14.1. The largest absolute Gasteiger partial charge is 0.395 e. The Balaban J connectivity index is 1.36. The summed E-state index contributed by atoms with van der Waals surface area (Å²) in [7, 11) is 0. The highest BCUT2D eigenvalue weighted by Gasteiger charge is 2.60. The molecule has 3 atom stereocenters. The molecule has 0 radical (unpaired) electrons. The summed E-state index contributed by atoms with van der Waals surface area (Å²) in [6, 6.07) is 25.8. The summed E-state index contributed by atoms with van der Waals surface area (Å²) >= 11 is 2.28. The molecule has 1 N–H and O–H groups in total. The average Bonchev–Trinajstić information content (AvgIpc) is 3.35. The van der Waals surface area contributed by atoms with E-state index in [1.165, 1.54) is 0 Å². The zero-order valence-corrected chi connectivity index (χ0v) is 23.0. The third-order valence-corrected chi connectivity index (χ3v) is 8.14. The van der Waals surface area contributed by atoms with Crippen molar-refractivity contribution in [1.29, 1.82) is 0 Å². The Labute approximate surface area is 231 Å². The number of carbonyl (C=O) groups excluding carboxylic acids is 2. The van der Waals surface area contributed by atoms with Crippen molar-refractivity contribution >= 4 is 40.1 Å². The van der Waals surface area contributed by atoms with Crippen molar-refractivity contribution in [3.63, 3.8) is 0 Å².